The summed E-state index contributed by atoms with van der Waals surface area (Å²) in [6, 6.07) is 0.0554. The maximum absolute atomic E-state index is 12.2. The van der Waals surface area contributed by atoms with Gasteiger partial charge in [-0.15, -0.1) is 0 Å². The molecule has 0 spiro atoms. The van der Waals surface area contributed by atoms with Crippen molar-refractivity contribution in [3.05, 3.63) is 0 Å². The van der Waals surface area contributed by atoms with Gasteiger partial charge >= 0.3 is 5.97 Å². The third kappa shape index (κ3) is 5.62. The Morgan fingerprint density at radius 1 is 1.21 bits per heavy atom. The normalized spacial score (nSPS) is 19.3. The second kappa shape index (κ2) is 8.94. The second-order valence-corrected chi connectivity index (χ2v) is 5.33. The van der Waals surface area contributed by atoms with E-state index in [0.717, 1.165) is 38.6 Å². The minimum Gasteiger partial charge on any atom is -0.469 e. The summed E-state index contributed by atoms with van der Waals surface area (Å²) in [6.45, 7) is 2.97. The number of piperidine rings is 1. The van der Waals surface area contributed by atoms with E-state index in [0.29, 0.717) is 12.8 Å². The molecule has 0 bridgehead atoms. The lowest BCUT2D eigenvalue weighted by Crippen LogP contribution is -2.44. The van der Waals surface area contributed by atoms with Gasteiger partial charge in [0.15, 0.2) is 0 Å². The highest BCUT2D eigenvalue weighted by molar-refractivity contribution is 5.78. The molecule has 1 aliphatic heterocycles. The first kappa shape index (κ1) is 16.0. The predicted molar refractivity (Wildman–Crippen MR) is 74.7 cm³/mol. The Bertz CT molecular complexity index is 291. The number of ether oxygens (including phenoxy) is 1. The second-order valence-electron chi connectivity index (χ2n) is 5.33. The van der Waals surface area contributed by atoms with Gasteiger partial charge in [-0.3, -0.25) is 9.59 Å². The van der Waals surface area contributed by atoms with Crippen molar-refractivity contribution in [2.75, 3.05) is 13.7 Å². The van der Waals surface area contributed by atoms with E-state index in [1.54, 1.807) is 0 Å². The molecular weight excluding hydrogens is 242 g/mol. The molecule has 1 heterocycles. The van der Waals surface area contributed by atoms with E-state index in [-0.39, 0.29) is 17.9 Å². The van der Waals surface area contributed by atoms with Gasteiger partial charge in [-0.1, -0.05) is 26.2 Å². The summed E-state index contributed by atoms with van der Waals surface area (Å²) < 4.78 is 4.72. The molecule has 19 heavy (non-hydrogen) atoms. The van der Waals surface area contributed by atoms with Crippen molar-refractivity contribution < 1.29 is 14.3 Å². The van der Waals surface area contributed by atoms with Gasteiger partial charge in [0, 0.05) is 19.0 Å². The van der Waals surface area contributed by atoms with Crippen LogP contribution in [0.5, 0.6) is 0 Å². The lowest BCUT2D eigenvalue weighted by molar-refractivity contribution is -0.144. The standard InChI is InChI=1S/C15H27NO3/c1-3-4-5-6-10-14(17)16-11-8-7-9-13(16)12-15(18)19-2/h13H,3-12H2,1-2H3. The maximum atomic E-state index is 12.2. The van der Waals surface area contributed by atoms with Crippen molar-refractivity contribution >= 4 is 11.9 Å². The van der Waals surface area contributed by atoms with Crippen LogP contribution in [0.25, 0.3) is 0 Å². The van der Waals surface area contributed by atoms with Crippen LogP contribution < -0.4 is 0 Å². The van der Waals surface area contributed by atoms with E-state index < -0.39 is 0 Å². The molecule has 4 heteroatoms. The predicted octanol–water partition coefficient (Wildman–Crippen LogP) is 2.90. The minimum atomic E-state index is -0.212. The molecule has 0 radical (unpaired) electrons. The SMILES string of the molecule is CCCCCCC(=O)N1CCCCC1CC(=O)OC. The van der Waals surface area contributed by atoms with Crippen LogP contribution in [0.3, 0.4) is 0 Å². The van der Waals surface area contributed by atoms with Gasteiger partial charge in [0.05, 0.1) is 13.5 Å². The van der Waals surface area contributed by atoms with Crippen LogP contribution in [-0.4, -0.2) is 36.5 Å². The number of hydrogen-bond acceptors (Lipinski definition) is 3. The molecule has 4 nitrogen and oxygen atoms in total. The van der Waals surface area contributed by atoms with E-state index in [4.69, 9.17) is 4.74 Å². The molecule has 0 aromatic heterocycles. The topological polar surface area (TPSA) is 46.6 Å². The molecule has 1 aliphatic rings. The highest BCUT2D eigenvalue weighted by atomic mass is 16.5. The number of methoxy groups -OCH3 is 1. The van der Waals surface area contributed by atoms with Gasteiger partial charge in [-0.05, 0) is 25.7 Å². The third-order valence-electron chi connectivity index (χ3n) is 3.82. The Hall–Kier alpha value is -1.06. The summed E-state index contributed by atoms with van der Waals surface area (Å²) >= 11 is 0. The van der Waals surface area contributed by atoms with E-state index in [9.17, 15) is 9.59 Å². The zero-order valence-electron chi connectivity index (χ0n) is 12.3. The molecule has 110 valence electrons. The average molecular weight is 269 g/mol. The quantitative estimate of drug-likeness (QED) is 0.527. The lowest BCUT2D eigenvalue weighted by atomic mass is 9.98. The fourth-order valence-corrected chi connectivity index (χ4v) is 2.66. The molecule has 0 aliphatic carbocycles. The van der Waals surface area contributed by atoms with Gasteiger partial charge in [0.25, 0.3) is 0 Å². The van der Waals surface area contributed by atoms with Crippen LogP contribution in [0.15, 0.2) is 0 Å². The number of likely N-dealkylation sites (tertiary alicyclic amines) is 1. The first-order chi connectivity index (χ1) is 9.19. The molecule has 0 aromatic carbocycles. The number of hydrogen-bond donors (Lipinski definition) is 0. The van der Waals surface area contributed by atoms with Crippen molar-refractivity contribution in [1.82, 2.24) is 4.90 Å². The maximum Gasteiger partial charge on any atom is 0.307 e. The van der Waals surface area contributed by atoms with Crippen molar-refractivity contribution in [1.29, 1.82) is 0 Å². The monoisotopic (exact) mass is 269 g/mol. The van der Waals surface area contributed by atoms with E-state index in [1.165, 1.54) is 20.0 Å². The number of carbonyl (C=O) groups is 2. The molecule has 1 fully saturated rings. The van der Waals surface area contributed by atoms with E-state index in [2.05, 4.69) is 6.92 Å². The Balaban J connectivity index is 2.41. The van der Waals surface area contributed by atoms with Crippen molar-refractivity contribution in [3.8, 4) is 0 Å². The Kier molecular flexibility index (Phi) is 7.53. The summed E-state index contributed by atoms with van der Waals surface area (Å²) in [5.41, 5.74) is 0. The number of unbranched alkanes of at least 4 members (excludes halogenated alkanes) is 3. The largest absolute Gasteiger partial charge is 0.469 e. The van der Waals surface area contributed by atoms with E-state index >= 15 is 0 Å². The summed E-state index contributed by atoms with van der Waals surface area (Å²) in [7, 11) is 1.40. The molecule has 0 saturated carbocycles. The summed E-state index contributed by atoms with van der Waals surface area (Å²) in [5.74, 6) is 0.000360. The van der Waals surface area contributed by atoms with Gasteiger partial charge < -0.3 is 9.64 Å². The van der Waals surface area contributed by atoms with Crippen molar-refractivity contribution in [3.63, 3.8) is 0 Å². The number of carbonyl (C=O) groups excluding carboxylic acids is 2. The summed E-state index contributed by atoms with van der Waals surface area (Å²) in [6.07, 6.45) is 8.51. The van der Waals surface area contributed by atoms with Crippen molar-refractivity contribution in [2.45, 2.75) is 70.8 Å². The molecule has 1 unspecified atom stereocenters. The van der Waals surface area contributed by atoms with Gasteiger partial charge in [0.2, 0.25) is 5.91 Å². The minimum absolute atomic E-state index is 0.0554. The fraction of sp³-hybridized carbons (Fsp3) is 0.867. The highest BCUT2D eigenvalue weighted by Gasteiger charge is 2.28. The first-order valence-electron chi connectivity index (χ1n) is 7.55. The van der Waals surface area contributed by atoms with Gasteiger partial charge in [0.1, 0.15) is 0 Å². The zero-order chi connectivity index (χ0) is 14.1. The van der Waals surface area contributed by atoms with Gasteiger partial charge in [-0.25, -0.2) is 0 Å². The van der Waals surface area contributed by atoms with Crippen LogP contribution in [-0.2, 0) is 14.3 Å². The van der Waals surface area contributed by atoms with Crippen LogP contribution in [0.4, 0.5) is 0 Å². The van der Waals surface area contributed by atoms with Crippen LogP contribution in [0.1, 0.15) is 64.7 Å². The van der Waals surface area contributed by atoms with E-state index in [1.807, 2.05) is 4.90 Å². The first-order valence-corrected chi connectivity index (χ1v) is 7.55. The number of esters is 1. The zero-order valence-corrected chi connectivity index (χ0v) is 12.3. The third-order valence-corrected chi connectivity index (χ3v) is 3.82. The smallest absolute Gasteiger partial charge is 0.307 e. The molecule has 1 saturated heterocycles. The van der Waals surface area contributed by atoms with Crippen LogP contribution in [0.2, 0.25) is 0 Å². The molecular formula is C15H27NO3. The Labute approximate surface area is 116 Å². The van der Waals surface area contributed by atoms with Crippen molar-refractivity contribution in [2.24, 2.45) is 0 Å². The molecule has 1 amide bonds. The number of nitrogens with zero attached hydrogens (tertiary/aromatic N) is 1. The lowest BCUT2D eigenvalue weighted by Gasteiger charge is -2.35. The molecule has 0 aromatic rings. The Morgan fingerprint density at radius 3 is 2.68 bits per heavy atom. The van der Waals surface area contributed by atoms with Gasteiger partial charge in [-0.2, -0.15) is 0 Å². The summed E-state index contributed by atoms with van der Waals surface area (Å²) in [4.78, 5) is 25.5. The molecule has 0 N–H and O–H groups in total. The fourth-order valence-electron chi connectivity index (χ4n) is 2.66. The highest BCUT2D eigenvalue weighted by Crippen LogP contribution is 2.21. The number of amides is 1. The number of rotatable bonds is 7. The van der Waals surface area contributed by atoms with Crippen LogP contribution >= 0.6 is 0 Å². The Morgan fingerprint density at radius 2 is 2.00 bits per heavy atom. The molecule has 1 atom stereocenters. The average Bonchev–Trinajstić information content (AvgIpc) is 2.43. The summed E-state index contributed by atoms with van der Waals surface area (Å²) in [5, 5.41) is 0. The molecule has 1 rings (SSSR count). The van der Waals surface area contributed by atoms with Crippen LogP contribution in [0, 0.1) is 0 Å².